The molecular formula is C15H23N2O. The molecule has 18 heavy (non-hydrogen) atoms. The summed E-state index contributed by atoms with van der Waals surface area (Å²) in [5.41, 5.74) is 1.04. The summed E-state index contributed by atoms with van der Waals surface area (Å²) in [7, 11) is 0. The Labute approximate surface area is 110 Å². The van der Waals surface area contributed by atoms with Crippen LogP contribution in [0.3, 0.4) is 0 Å². The molecule has 1 unspecified atom stereocenters. The lowest BCUT2D eigenvalue weighted by molar-refractivity contribution is 0.0946. The molecule has 3 nitrogen and oxygen atoms in total. The Morgan fingerprint density at radius 2 is 2.06 bits per heavy atom. The maximum atomic E-state index is 5.47. The molecule has 0 amide bonds. The molecule has 0 N–H and O–H groups in total. The molecule has 1 fully saturated rings. The summed E-state index contributed by atoms with van der Waals surface area (Å²) >= 11 is 0. The predicted molar refractivity (Wildman–Crippen MR) is 74.6 cm³/mol. The zero-order valence-electron chi connectivity index (χ0n) is 11.6. The molecule has 1 aliphatic rings. The standard InChI is InChI=1S/C15H23N2O/c1-5-18-13(4)14-8-9-15(16-10-14)17-11(2)6-7-12(17)3/h8-13H,4-7H2,1-3H3/t11-,12-,13?/m0/s1. The Morgan fingerprint density at radius 3 is 2.56 bits per heavy atom. The lowest BCUT2D eigenvalue weighted by Crippen LogP contribution is -2.33. The zero-order valence-corrected chi connectivity index (χ0v) is 11.6. The number of anilines is 1. The van der Waals surface area contributed by atoms with Crippen LogP contribution >= 0.6 is 0 Å². The van der Waals surface area contributed by atoms with Gasteiger partial charge in [0.1, 0.15) is 5.82 Å². The van der Waals surface area contributed by atoms with E-state index in [1.54, 1.807) is 0 Å². The van der Waals surface area contributed by atoms with Gasteiger partial charge in [0, 0.05) is 24.9 Å². The van der Waals surface area contributed by atoms with Crippen molar-refractivity contribution >= 4 is 5.82 Å². The predicted octanol–water partition coefficient (Wildman–Crippen LogP) is 3.37. The van der Waals surface area contributed by atoms with E-state index in [0.29, 0.717) is 18.7 Å². The zero-order chi connectivity index (χ0) is 13.1. The molecular weight excluding hydrogens is 224 g/mol. The molecule has 1 aliphatic heterocycles. The van der Waals surface area contributed by atoms with Crippen LogP contribution in [0.5, 0.6) is 0 Å². The number of aromatic nitrogens is 1. The number of hydrogen-bond acceptors (Lipinski definition) is 3. The largest absolute Gasteiger partial charge is 0.374 e. The maximum absolute atomic E-state index is 5.47. The molecule has 1 aromatic heterocycles. The quantitative estimate of drug-likeness (QED) is 0.815. The van der Waals surface area contributed by atoms with Gasteiger partial charge in [0.05, 0.1) is 6.10 Å². The molecule has 0 spiro atoms. The lowest BCUT2D eigenvalue weighted by atomic mass is 10.2. The maximum Gasteiger partial charge on any atom is 0.128 e. The Bertz CT molecular complexity index is 367. The average Bonchev–Trinajstić information content (AvgIpc) is 2.70. The number of rotatable bonds is 4. The normalized spacial score (nSPS) is 25.4. The molecule has 3 atom stereocenters. The molecule has 0 aromatic carbocycles. The minimum absolute atomic E-state index is 0.120. The first-order valence-corrected chi connectivity index (χ1v) is 6.82. The fraction of sp³-hybridized carbons (Fsp3) is 0.600. The summed E-state index contributed by atoms with van der Waals surface area (Å²) < 4.78 is 5.47. The smallest absolute Gasteiger partial charge is 0.128 e. The molecule has 2 heterocycles. The van der Waals surface area contributed by atoms with Crippen LogP contribution in [0.1, 0.15) is 45.3 Å². The van der Waals surface area contributed by atoms with Crippen LogP contribution in [0, 0.1) is 6.92 Å². The van der Waals surface area contributed by atoms with Crippen molar-refractivity contribution in [2.45, 2.75) is 51.8 Å². The van der Waals surface area contributed by atoms with Gasteiger partial charge in [-0.2, -0.15) is 0 Å². The van der Waals surface area contributed by atoms with E-state index in [1.165, 1.54) is 12.8 Å². The van der Waals surface area contributed by atoms with Crippen molar-refractivity contribution in [3.05, 3.63) is 30.8 Å². The highest BCUT2D eigenvalue weighted by molar-refractivity contribution is 5.43. The number of ether oxygens (including phenoxy) is 1. The first-order valence-electron chi connectivity index (χ1n) is 6.82. The molecule has 0 aliphatic carbocycles. The van der Waals surface area contributed by atoms with Crippen molar-refractivity contribution in [2.75, 3.05) is 11.5 Å². The van der Waals surface area contributed by atoms with Crippen LogP contribution in [0.2, 0.25) is 0 Å². The third kappa shape index (κ3) is 2.66. The van der Waals surface area contributed by atoms with Gasteiger partial charge < -0.3 is 9.64 Å². The minimum atomic E-state index is -0.120. The summed E-state index contributed by atoms with van der Waals surface area (Å²) in [5.74, 6) is 1.07. The third-order valence-corrected chi connectivity index (χ3v) is 3.73. The summed E-state index contributed by atoms with van der Waals surface area (Å²) in [6.45, 7) is 11.2. The molecule has 1 radical (unpaired) electrons. The Balaban J connectivity index is 2.12. The number of pyridine rings is 1. The van der Waals surface area contributed by atoms with Gasteiger partial charge in [-0.3, -0.25) is 0 Å². The van der Waals surface area contributed by atoms with Gasteiger partial charge in [0.15, 0.2) is 0 Å². The summed E-state index contributed by atoms with van der Waals surface area (Å²) in [6.07, 6.45) is 4.27. The van der Waals surface area contributed by atoms with Gasteiger partial charge in [-0.05, 0) is 52.2 Å². The van der Waals surface area contributed by atoms with Gasteiger partial charge >= 0.3 is 0 Å². The second kappa shape index (κ2) is 5.70. The molecule has 0 bridgehead atoms. The van der Waals surface area contributed by atoms with Crippen molar-refractivity contribution < 1.29 is 4.74 Å². The first kappa shape index (κ1) is 13.3. The van der Waals surface area contributed by atoms with Crippen LogP contribution < -0.4 is 4.90 Å². The molecule has 99 valence electrons. The van der Waals surface area contributed by atoms with E-state index in [1.807, 2.05) is 13.1 Å². The minimum Gasteiger partial charge on any atom is -0.374 e. The van der Waals surface area contributed by atoms with E-state index in [9.17, 15) is 0 Å². The fourth-order valence-corrected chi connectivity index (χ4v) is 2.68. The molecule has 1 saturated heterocycles. The van der Waals surface area contributed by atoms with Crippen LogP contribution in [-0.4, -0.2) is 23.7 Å². The first-order chi connectivity index (χ1) is 8.63. The Kier molecular flexibility index (Phi) is 4.23. The van der Waals surface area contributed by atoms with E-state index in [4.69, 9.17) is 4.74 Å². The highest BCUT2D eigenvalue weighted by Gasteiger charge is 2.28. The van der Waals surface area contributed by atoms with Crippen molar-refractivity contribution in [3.8, 4) is 0 Å². The average molecular weight is 247 g/mol. The Morgan fingerprint density at radius 1 is 1.39 bits per heavy atom. The van der Waals surface area contributed by atoms with E-state index in [-0.39, 0.29) is 6.10 Å². The lowest BCUT2D eigenvalue weighted by Gasteiger charge is -2.27. The monoisotopic (exact) mass is 247 g/mol. The molecule has 3 heteroatoms. The SMILES string of the molecule is [CH2]C(OCC)c1ccc(N2[C@@H](C)CC[C@@H]2C)nc1. The highest BCUT2D eigenvalue weighted by Crippen LogP contribution is 2.29. The van der Waals surface area contributed by atoms with Crippen LogP contribution in [0.15, 0.2) is 18.3 Å². The summed E-state index contributed by atoms with van der Waals surface area (Å²) in [4.78, 5) is 6.98. The van der Waals surface area contributed by atoms with Gasteiger partial charge in [-0.25, -0.2) is 4.98 Å². The second-order valence-electron chi connectivity index (χ2n) is 5.08. The van der Waals surface area contributed by atoms with Crippen LogP contribution in [0.4, 0.5) is 5.82 Å². The van der Waals surface area contributed by atoms with Crippen molar-refractivity contribution in [3.63, 3.8) is 0 Å². The van der Waals surface area contributed by atoms with Crippen LogP contribution in [0.25, 0.3) is 0 Å². The summed E-state index contributed by atoms with van der Waals surface area (Å²) in [5, 5.41) is 0. The van der Waals surface area contributed by atoms with Crippen molar-refractivity contribution in [1.29, 1.82) is 0 Å². The van der Waals surface area contributed by atoms with E-state index in [2.05, 4.69) is 42.8 Å². The van der Waals surface area contributed by atoms with E-state index in [0.717, 1.165) is 11.4 Å². The van der Waals surface area contributed by atoms with Gasteiger partial charge in [0.2, 0.25) is 0 Å². The van der Waals surface area contributed by atoms with Crippen molar-refractivity contribution in [2.24, 2.45) is 0 Å². The third-order valence-electron chi connectivity index (χ3n) is 3.73. The highest BCUT2D eigenvalue weighted by atomic mass is 16.5. The van der Waals surface area contributed by atoms with Gasteiger partial charge in [-0.1, -0.05) is 6.07 Å². The molecule has 0 saturated carbocycles. The van der Waals surface area contributed by atoms with Gasteiger partial charge in [-0.15, -0.1) is 0 Å². The Hall–Kier alpha value is -1.09. The number of hydrogen-bond donors (Lipinski definition) is 0. The topological polar surface area (TPSA) is 25.4 Å². The van der Waals surface area contributed by atoms with E-state index < -0.39 is 0 Å². The van der Waals surface area contributed by atoms with Gasteiger partial charge in [0.25, 0.3) is 0 Å². The molecule has 2 rings (SSSR count). The second-order valence-corrected chi connectivity index (χ2v) is 5.08. The number of nitrogens with zero attached hydrogens (tertiary/aromatic N) is 2. The molecule has 1 aromatic rings. The van der Waals surface area contributed by atoms with Crippen molar-refractivity contribution in [1.82, 2.24) is 4.98 Å². The van der Waals surface area contributed by atoms with E-state index >= 15 is 0 Å². The fourth-order valence-electron chi connectivity index (χ4n) is 2.68. The summed E-state index contributed by atoms with van der Waals surface area (Å²) in [6, 6.07) is 5.33. The van der Waals surface area contributed by atoms with Crippen LogP contribution in [-0.2, 0) is 4.74 Å².